The first-order valence-corrected chi connectivity index (χ1v) is 9.05. The first-order chi connectivity index (χ1) is 13.7. The topological polar surface area (TPSA) is 149 Å². The largest absolute Gasteiger partial charge is 0.481 e. The van der Waals surface area contributed by atoms with Crippen LogP contribution in [0.3, 0.4) is 0 Å². The van der Waals surface area contributed by atoms with Crippen LogP contribution < -0.4 is 17.0 Å². The molecule has 1 aromatic carbocycles. The van der Waals surface area contributed by atoms with Gasteiger partial charge in [0.05, 0.1) is 0 Å². The van der Waals surface area contributed by atoms with Gasteiger partial charge in [0.1, 0.15) is 11.7 Å². The van der Waals surface area contributed by atoms with Gasteiger partial charge in [0.15, 0.2) is 11.2 Å². The van der Waals surface area contributed by atoms with Gasteiger partial charge in [0, 0.05) is 38.2 Å². The van der Waals surface area contributed by atoms with Crippen molar-refractivity contribution in [3.05, 3.63) is 50.7 Å². The van der Waals surface area contributed by atoms with E-state index in [1.165, 1.54) is 4.57 Å². The molecule has 4 N–H and O–H groups in total. The van der Waals surface area contributed by atoms with Crippen LogP contribution in [0.15, 0.2) is 33.9 Å². The number of fused-ring (bicyclic) bond motifs is 1. The van der Waals surface area contributed by atoms with Crippen molar-refractivity contribution in [1.29, 1.82) is 5.41 Å². The number of aromatic nitrogens is 4. The van der Waals surface area contributed by atoms with Crippen LogP contribution in [0.25, 0.3) is 22.6 Å². The predicted octanol–water partition coefficient (Wildman–Crippen LogP) is 0.640. The van der Waals surface area contributed by atoms with Crippen LogP contribution in [0.4, 0.5) is 0 Å². The Hall–Kier alpha value is -3.69. The Bertz CT molecular complexity index is 1220. The molecule has 0 spiro atoms. The van der Waals surface area contributed by atoms with E-state index in [0.717, 1.165) is 4.57 Å². The monoisotopic (exact) mass is 398 g/mol. The maximum Gasteiger partial charge on any atom is 0.332 e. The van der Waals surface area contributed by atoms with E-state index in [4.69, 9.17) is 16.2 Å². The Morgan fingerprint density at radius 3 is 2.38 bits per heavy atom. The van der Waals surface area contributed by atoms with E-state index in [1.54, 1.807) is 42.9 Å². The molecule has 0 amide bonds. The molecule has 0 radical (unpaired) electrons. The molecule has 10 heteroatoms. The number of hydrogen-bond donors (Lipinski definition) is 3. The van der Waals surface area contributed by atoms with Gasteiger partial charge in [-0.25, -0.2) is 9.78 Å². The molecule has 3 rings (SSSR count). The molecule has 0 saturated heterocycles. The van der Waals surface area contributed by atoms with Crippen molar-refractivity contribution < 1.29 is 9.90 Å². The van der Waals surface area contributed by atoms with Crippen molar-refractivity contribution in [3.63, 3.8) is 0 Å². The Balaban J connectivity index is 2.07. The normalized spacial score (nSPS) is 11.1. The SMILES string of the molecule is Cn1c(-c2ccc(C(=N)N)cc2)nc2c1c(=O)n(CCCCC(=O)O)c(=O)n2C. The van der Waals surface area contributed by atoms with Crippen LogP contribution in [0.1, 0.15) is 24.8 Å². The van der Waals surface area contributed by atoms with Gasteiger partial charge in [-0.2, -0.15) is 0 Å². The number of hydrogen-bond acceptors (Lipinski definition) is 5. The number of amidine groups is 1. The molecular weight excluding hydrogens is 376 g/mol. The van der Waals surface area contributed by atoms with E-state index in [2.05, 4.69) is 4.98 Å². The van der Waals surface area contributed by atoms with E-state index in [1.807, 2.05) is 0 Å². The van der Waals surface area contributed by atoms with Crippen molar-refractivity contribution >= 4 is 23.0 Å². The Kier molecular flexibility index (Phi) is 5.35. The van der Waals surface area contributed by atoms with E-state index in [-0.39, 0.29) is 30.0 Å². The molecule has 0 saturated carbocycles. The van der Waals surface area contributed by atoms with Crippen molar-refractivity contribution in [2.75, 3.05) is 0 Å². The lowest BCUT2D eigenvalue weighted by molar-refractivity contribution is -0.137. The zero-order valence-corrected chi connectivity index (χ0v) is 16.2. The Morgan fingerprint density at radius 2 is 1.79 bits per heavy atom. The molecule has 0 aliphatic heterocycles. The van der Waals surface area contributed by atoms with Gasteiger partial charge in [-0.15, -0.1) is 0 Å². The fourth-order valence-electron chi connectivity index (χ4n) is 3.24. The fraction of sp³-hybridized carbons (Fsp3) is 0.316. The van der Waals surface area contributed by atoms with Crippen LogP contribution in [0, 0.1) is 5.41 Å². The van der Waals surface area contributed by atoms with E-state index >= 15 is 0 Å². The summed E-state index contributed by atoms with van der Waals surface area (Å²) in [5.74, 6) is -0.451. The van der Waals surface area contributed by atoms with Gasteiger partial charge < -0.3 is 15.4 Å². The van der Waals surface area contributed by atoms with Crippen LogP contribution in [0.5, 0.6) is 0 Å². The van der Waals surface area contributed by atoms with Crippen LogP contribution in [-0.4, -0.2) is 35.6 Å². The lowest BCUT2D eigenvalue weighted by Crippen LogP contribution is -2.39. The number of benzene rings is 1. The summed E-state index contributed by atoms with van der Waals surface area (Å²) in [6.45, 7) is 0.141. The van der Waals surface area contributed by atoms with Crippen LogP contribution >= 0.6 is 0 Å². The summed E-state index contributed by atoms with van der Waals surface area (Å²) in [6, 6.07) is 6.88. The summed E-state index contributed by atoms with van der Waals surface area (Å²) >= 11 is 0. The maximum absolute atomic E-state index is 13.0. The number of carbonyl (C=O) groups is 1. The average Bonchev–Trinajstić information content (AvgIpc) is 3.03. The number of nitrogen functional groups attached to an aromatic ring is 1. The highest BCUT2D eigenvalue weighted by Gasteiger charge is 2.19. The molecule has 3 aromatic rings. The lowest BCUT2D eigenvalue weighted by Gasteiger charge is -2.08. The zero-order chi connectivity index (χ0) is 21.3. The van der Waals surface area contributed by atoms with Crippen molar-refractivity contribution in [2.45, 2.75) is 25.8 Å². The first kappa shape index (κ1) is 20.1. The molecule has 2 aromatic heterocycles. The molecule has 152 valence electrons. The number of imidazole rings is 1. The Labute approximate surface area is 165 Å². The number of rotatable bonds is 7. The number of unbranched alkanes of at least 4 members (excludes halogenated alkanes) is 1. The third-order valence-corrected chi connectivity index (χ3v) is 4.84. The van der Waals surface area contributed by atoms with Crippen molar-refractivity contribution in [3.8, 4) is 11.4 Å². The van der Waals surface area contributed by atoms with Gasteiger partial charge in [0.25, 0.3) is 5.56 Å². The highest BCUT2D eigenvalue weighted by Crippen LogP contribution is 2.21. The number of nitrogens with two attached hydrogens (primary N) is 1. The second-order valence-electron chi connectivity index (χ2n) is 6.81. The number of nitrogens with zero attached hydrogens (tertiary/aromatic N) is 4. The molecular formula is C19H22N6O4. The predicted molar refractivity (Wildman–Crippen MR) is 108 cm³/mol. The molecule has 10 nitrogen and oxygen atoms in total. The third kappa shape index (κ3) is 3.68. The number of carboxylic acids is 1. The molecule has 2 heterocycles. The summed E-state index contributed by atoms with van der Waals surface area (Å²) in [5, 5.41) is 16.2. The molecule has 0 aliphatic carbocycles. The molecule has 0 fully saturated rings. The molecule has 0 unspecified atom stereocenters. The Morgan fingerprint density at radius 1 is 1.14 bits per heavy atom. The summed E-state index contributed by atoms with van der Waals surface area (Å²) in [7, 11) is 3.25. The molecule has 0 bridgehead atoms. The number of carboxylic acid groups (broad SMARTS) is 1. The summed E-state index contributed by atoms with van der Waals surface area (Å²) in [6.07, 6.45) is 0.774. The second-order valence-corrected chi connectivity index (χ2v) is 6.81. The summed E-state index contributed by atoms with van der Waals surface area (Å²) in [5.41, 5.74) is 6.38. The molecule has 29 heavy (non-hydrogen) atoms. The number of aryl methyl sites for hydroxylation is 2. The highest BCUT2D eigenvalue weighted by molar-refractivity contribution is 5.95. The first-order valence-electron chi connectivity index (χ1n) is 9.05. The van der Waals surface area contributed by atoms with E-state index < -0.39 is 17.2 Å². The van der Waals surface area contributed by atoms with Gasteiger partial charge in [-0.3, -0.25) is 24.1 Å². The third-order valence-electron chi connectivity index (χ3n) is 4.84. The second kappa shape index (κ2) is 7.74. The van der Waals surface area contributed by atoms with Crippen molar-refractivity contribution in [2.24, 2.45) is 19.8 Å². The van der Waals surface area contributed by atoms with E-state index in [9.17, 15) is 14.4 Å². The van der Waals surface area contributed by atoms with Gasteiger partial charge >= 0.3 is 11.7 Å². The number of aliphatic carboxylic acids is 1. The van der Waals surface area contributed by atoms with E-state index in [0.29, 0.717) is 29.8 Å². The maximum atomic E-state index is 13.0. The minimum absolute atomic E-state index is 0.0105. The fourth-order valence-corrected chi connectivity index (χ4v) is 3.24. The van der Waals surface area contributed by atoms with Gasteiger partial charge in [-0.05, 0) is 12.8 Å². The molecule has 0 atom stereocenters. The average molecular weight is 398 g/mol. The standard InChI is InChI=1S/C19H22N6O4/c1-23-14-17(22-16(23)12-8-6-11(7-9-12)15(20)21)24(2)19(29)25(18(14)28)10-4-3-5-13(26)27/h6-9H,3-5,10H2,1-2H3,(H3,20,21)(H,26,27). The van der Waals surface area contributed by atoms with Crippen LogP contribution in [0.2, 0.25) is 0 Å². The molecule has 0 aliphatic rings. The van der Waals surface area contributed by atoms with Gasteiger partial charge in [0.2, 0.25) is 0 Å². The number of nitrogens with one attached hydrogen (secondary N) is 1. The minimum Gasteiger partial charge on any atom is -0.481 e. The van der Waals surface area contributed by atoms with Crippen molar-refractivity contribution in [1.82, 2.24) is 18.7 Å². The lowest BCUT2D eigenvalue weighted by atomic mass is 10.1. The summed E-state index contributed by atoms with van der Waals surface area (Å²) in [4.78, 5) is 40.7. The highest BCUT2D eigenvalue weighted by atomic mass is 16.4. The quantitative estimate of drug-likeness (QED) is 0.302. The minimum atomic E-state index is -0.909. The summed E-state index contributed by atoms with van der Waals surface area (Å²) < 4.78 is 4.07. The zero-order valence-electron chi connectivity index (χ0n) is 16.2. The van der Waals surface area contributed by atoms with Gasteiger partial charge in [-0.1, -0.05) is 24.3 Å². The van der Waals surface area contributed by atoms with Crippen LogP contribution in [-0.2, 0) is 25.4 Å². The smallest absolute Gasteiger partial charge is 0.332 e.